The highest BCUT2D eigenvalue weighted by Gasteiger charge is 2.33. The van der Waals surface area contributed by atoms with E-state index in [2.05, 4.69) is 5.32 Å². The zero-order valence-corrected chi connectivity index (χ0v) is 17.0. The lowest BCUT2D eigenvalue weighted by molar-refractivity contribution is -0.388. The SMILES string of the molecule is C[C@H](NC(=O)CSc1ccc(C(F)(F)F)cc1[N+](=O)[O-])c1ccc(S(N)(=O)=O)cc1. The van der Waals surface area contributed by atoms with Crippen molar-refractivity contribution in [2.24, 2.45) is 5.14 Å². The molecule has 0 radical (unpaired) electrons. The van der Waals surface area contributed by atoms with Crippen molar-refractivity contribution in [1.29, 1.82) is 0 Å². The predicted molar refractivity (Wildman–Crippen MR) is 103 cm³/mol. The molecule has 0 spiro atoms. The van der Waals surface area contributed by atoms with Crippen molar-refractivity contribution < 1.29 is 31.3 Å². The van der Waals surface area contributed by atoms with Crippen LogP contribution in [0, 0.1) is 10.1 Å². The lowest BCUT2D eigenvalue weighted by Gasteiger charge is -2.15. The third kappa shape index (κ3) is 6.18. The van der Waals surface area contributed by atoms with Crippen LogP contribution in [0.5, 0.6) is 0 Å². The molecule has 3 N–H and O–H groups in total. The number of nitro groups is 1. The quantitative estimate of drug-likeness (QED) is 0.368. The number of halogens is 3. The third-order valence-corrected chi connectivity index (χ3v) is 5.92. The number of benzene rings is 2. The van der Waals surface area contributed by atoms with E-state index in [4.69, 9.17) is 5.14 Å². The molecule has 2 rings (SSSR count). The molecule has 0 saturated carbocycles. The number of hydrogen-bond acceptors (Lipinski definition) is 6. The predicted octanol–water partition coefficient (Wildman–Crippen LogP) is 3.23. The molecule has 0 aliphatic carbocycles. The largest absolute Gasteiger partial charge is 0.416 e. The lowest BCUT2D eigenvalue weighted by Crippen LogP contribution is -2.28. The molecule has 0 unspecified atom stereocenters. The van der Waals surface area contributed by atoms with Gasteiger partial charge in [-0.05, 0) is 36.8 Å². The summed E-state index contributed by atoms with van der Waals surface area (Å²) in [5.74, 6) is -0.788. The fourth-order valence-corrected chi connectivity index (χ4v) is 3.75. The maximum atomic E-state index is 12.7. The minimum absolute atomic E-state index is 0.0756. The second-order valence-corrected chi connectivity index (χ2v) is 8.71. The molecule has 0 aliphatic heterocycles. The fourth-order valence-electron chi connectivity index (χ4n) is 2.41. The van der Waals surface area contributed by atoms with Gasteiger partial charge in [0.1, 0.15) is 0 Å². The number of nitrogens with two attached hydrogens (primary N) is 1. The van der Waals surface area contributed by atoms with E-state index < -0.39 is 44.3 Å². The van der Waals surface area contributed by atoms with Gasteiger partial charge in [0.2, 0.25) is 15.9 Å². The molecule has 0 heterocycles. The van der Waals surface area contributed by atoms with E-state index in [0.717, 1.165) is 17.8 Å². The fraction of sp³-hybridized carbons (Fsp3) is 0.235. The van der Waals surface area contributed by atoms with Gasteiger partial charge in [0, 0.05) is 6.07 Å². The first-order valence-electron chi connectivity index (χ1n) is 8.19. The van der Waals surface area contributed by atoms with Gasteiger partial charge in [-0.2, -0.15) is 13.2 Å². The number of sulfonamides is 1. The van der Waals surface area contributed by atoms with Crippen LogP contribution in [0.1, 0.15) is 24.1 Å². The molecule has 0 fully saturated rings. The average Bonchev–Trinajstić information content (AvgIpc) is 2.64. The number of nitro benzene ring substituents is 1. The Bertz CT molecular complexity index is 1060. The molecule has 0 aromatic heterocycles. The van der Waals surface area contributed by atoms with Crippen LogP contribution in [0.4, 0.5) is 18.9 Å². The van der Waals surface area contributed by atoms with Crippen LogP contribution in [0.25, 0.3) is 0 Å². The van der Waals surface area contributed by atoms with E-state index in [1.807, 2.05) is 0 Å². The number of carbonyl (C=O) groups excluding carboxylic acids is 1. The number of primary sulfonamides is 1. The Morgan fingerprint density at radius 2 is 1.83 bits per heavy atom. The molecular weight excluding hydrogens is 447 g/mol. The molecule has 1 atom stereocenters. The monoisotopic (exact) mass is 463 g/mol. The number of hydrogen-bond donors (Lipinski definition) is 2. The number of nitrogens with one attached hydrogen (secondary N) is 1. The van der Waals surface area contributed by atoms with Gasteiger partial charge < -0.3 is 5.32 Å². The van der Waals surface area contributed by atoms with Crippen LogP contribution in [0.3, 0.4) is 0 Å². The Morgan fingerprint density at radius 1 is 1.23 bits per heavy atom. The lowest BCUT2D eigenvalue weighted by atomic mass is 10.1. The van der Waals surface area contributed by atoms with E-state index >= 15 is 0 Å². The second-order valence-electron chi connectivity index (χ2n) is 6.13. The summed E-state index contributed by atoms with van der Waals surface area (Å²) in [4.78, 5) is 22.1. The normalized spacial score (nSPS) is 13.0. The number of thioether (sulfide) groups is 1. The summed E-state index contributed by atoms with van der Waals surface area (Å²) in [6.07, 6.45) is -4.72. The first-order chi connectivity index (χ1) is 13.8. The van der Waals surface area contributed by atoms with E-state index in [0.29, 0.717) is 17.7 Å². The van der Waals surface area contributed by atoms with Gasteiger partial charge in [0.15, 0.2) is 0 Å². The summed E-state index contributed by atoms with van der Waals surface area (Å²) in [5.41, 5.74) is -1.31. The van der Waals surface area contributed by atoms with Crippen molar-refractivity contribution in [2.75, 3.05) is 5.75 Å². The van der Waals surface area contributed by atoms with E-state index in [9.17, 15) is 36.5 Å². The molecule has 1 amide bonds. The van der Waals surface area contributed by atoms with Gasteiger partial charge in [0.25, 0.3) is 5.69 Å². The van der Waals surface area contributed by atoms with Gasteiger partial charge in [-0.15, -0.1) is 11.8 Å². The summed E-state index contributed by atoms with van der Waals surface area (Å²) in [6, 6.07) is 7.08. The Hall–Kier alpha value is -2.64. The Morgan fingerprint density at radius 3 is 2.33 bits per heavy atom. The van der Waals surface area contributed by atoms with Crippen molar-refractivity contribution in [1.82, 2.24) is 5.32 Å². The molecule has 30 heavy (non-hydrogen) atoms. The van der Waals surface area contributed by atoms with Crippen LogP contribution in [0.2, 0.25) is 0 Å². The topological polar surface area (TPSA) is 132 Å². The van der Waals surface area contributed by atoms with Crippen molar-refractivity contribution >= 4 is 33.4 Å². The third-order valence-electron chi connectivity index (χ3n) is 3.93. The molecule has 2 aromatic rings. The summed E-state index contributed by atoms with van der Waals surface area (Å²) in [5, 5.41) is 18.7. The highest BCUT2D eigenvalue weighted by molar-refractivity contribution is 8.00. The smallest absolute Gasteiger partial charge is 0.349 e. The van der Waals surface area contributed by atoms with Crippen LogP contribution in [-0.4, -0.2) is 25.0 Å². The maximum absolute atomic E-state index is 12.7. The number of alkyl halides is 3. The molecule has 0 saturated heterocycles. The Labute approximate surface area is 173 Å². The van der Waals surface area contributed by atoms with Crippen molar-refractivity contribution in [2.45, 2.75) is 28.9 Å². The van der Waals surface area contributed by atoms with Gasteiger partial charge in [0.05, 0.1) is 32.1 Å². The molecule has 8 nitrogen and oxygen atoms in total. The number of rotatable bonds is 7. The van der Waals surface area contributed by atoms with Gasteiger partial charge in [-0.25, -0.2) is 13.6 Å². The van der Waals surface area contributed by atoms with Gasteiger partial charge in [-0.3, -0.25) is 14.9 Å². The second kappa shape index (κ2) is 9.02. The van der Waals surface area contributed by atoms with Gasteiger partial charge >= 0.3 is 6.18 Å². The van der Waals surface area contributed by atoms with Crippen molar-refractivity contribution in [3.05, 3.63) is 63.7 Å². The zero-order chi connectivity index (χ0) is 22.7. The maximum Gasteiger partial charge on any atom is 0.416 e. The van der Waals surface area contributed by atoms with Crippen LogP contribution in [0.15, 0.2) is 52.3 Å². The van der Waals surface area contributed by atoms with Crippen LogP contribution < -0.4 is 10.5 Å². The Kier molecular flexibility index (Phi) is 7.10. The van der Waals surface area contributed by atoms with E-state index in [-0.39, 0.29) is 15.5 Å². The van der Waals surface area contributed by atoms with Crippen molar-refractivity contribution in [3.63, 3.8) is 0 Å². The molecular formula is C17H16F3N3O5S2. The zero-order valence-electron chi connectivity index (χ0n) is 15.3. The number of amides is 1. The summed E-state index contributed by atoms with van der Waals surface area (Å²) in [7, 11) is -3.85. The highest BCUT2D eigenvalue weighted by Crippen LogP contribution is 2.36. The molecule has 13 heteroatoms. The molecule has 0 aliphatic rings. The molecule has 0 bridgehead atoms. The first-order valence-corrected chi connectivity index (χ1v) is 10.7. The van der Waals surface area contributed by atoms with Crippen molar-refractivity contribution in [3.8, 4) is 0 Å². The first kappa shape index (κ1) is 23.6. The van der Waals surface area contributed by atoms with Gasteiger partial charge in [-0.1, -0.05) is 12.1 Å². The summed E-state index contributed by atoms with van der Waals surface area (Å²) < 4.78 is 60.7. The van der Waals surface area contributed by atoms with Crippen LogP contribution >= 0.6 is 11.8 Å². The Balaban J connectivity index is 2.04. The highest BCUT2D eigenvalue weighted by atomic mass is 32.2. The van der Waals surface area contributed by atoms with Crippen LogP contribution in [-0.2, 0) is 21.0 Å². The summed E-state index contributed by atoms with van der Waals surface area (Å²) >= 11 is 0.729. The summed E-state index contributed by atoms with van der Waals surface area (Å²) in [6.45, 7) is 1.63. The van der Waals surface area contributed by atoms with E-state index in [1.54, 1.807) is 6.92 Å². The average molecular weight is 463 g/mol. The van der Waals surface area contributed by atoms with E-state index in [1.165, 1.54) is 24.3 Å². The molecule has 162 valence electrons. The molecule has 2 aromatic carbocycles. The number of carbonyl (C=O) groups is 1. The standard InChI is InChI=1S/C17H16F3N3O5S2/c1-10(11-2-5-13(6-3-11)30(21,27)28)22-16(24)9-29-15-7-4-12(17(18,19)20)8-14(15)23(25)26/h2-8,10H,9H2,1H3,(H,22,24)(H2,21,27,28)/t10-/m0/s1. The minimum atomic E-state index is -4.72. The number of nitrogens with zero attached hydrogens (tertiary/aromatic N) is 1. The minimum Gasteiger partial charge on any atom is -0.349 e.